The van der Waals surface area contributed by atoms with Crippen LogP contribution < -0.4 is 0 Å². The summed E-state index contributed by atoms with van der Waals surface area (Å²) in [5.74, 6) is 0. The van der Waals surface area contributed by atoms with Crippen LogP contribution in [0.15, 0.2) is 0 Å². The van der Waals surface area contributed by atoms with Crippen LogP contribution in [0.25, 0.3) is 0 Å². The van der Waals surface area contributed by atoms with Crippen molar-refractivity contribution in [2.45, 2.75) is 6.42 Å². The van der Waals surface area contributed by atoms with E-state index in [0.29, 0.717) is 20.3 Å². The third-order valence-electron chi connectivity index (χ3n) is 0.771. The molecule has 1 heterocycles. The van der Waals surface area contributed by atoms with Crippen LogP contribution in [0.2, 0.25) is 0 Å². The minimum absolute atomic E-state index is 0.331. The molecule has 1 atom stereocenters. The molecule has 1 saturated heterocycles. The molecule has 1 aliphatic heterocycles. The lowest BCUT2D eigenvalue weighted by molar-refractivity contribution is -0.0488. The molecule has 0 radical (unpaired) electrons. The Morgan fingerprint density at radius 1 is 1.71 bits per heavy atom. The maximum absolute atomic E-state index is 10.2. The lowest BCUT2D eigenvalue weighted by atomic mass is 10.5. The minimum atomic E-state index is 0.331. The second kappa shape index (κ2) is 2.58. The van der Waals surface area contributed by atoms with Crippen molar-refractivity contribution >= 4 is 8.73 Å². The second-order valence-electron chi connectivity index (χ2n) is 1.35. The third-order valence-corrected chi connectivity index (χ3v) is 1.74. The first kappa shape index (κ1) is 5.45. The van der Waals surface area contributed by atoms with E-state index in [4.69, 9.17) is 0 Å². The summed E-state index contributed by atoms with van der Waals surface area (Å²) in [5.41, 5.74) is 0. The van der Waals surface area contributed by atoms with Gasteiger partial charge >= 0.3 is 0 Å². The van der Waals surface area contributed by atoms with Gasteiger partial charge in [-0.1, -0.05) is 0 Å². The van der Waals surface area contributed by atoms with Crippen molar-refractivity contribution in [3.63, 3.8) is 0 Å². The minimum Gasteiger partial charge on any atom is -0.759 e. The van der Waals surface area contributed by atoms with Crippen LogP contribution >= 0.6 is 8.73 Å². The van der Waals surface area contributed by atoms with Gasteiger partial charge in [0.2, 0.25) is 0 Å². The van der Waals surface area contributed by atoms with Gasteiger partial charge in [-0.2, -0.15) is 0 Å². The van der Waals surface area contributed by atoms with E-state index in [1.807, 2.05) is 0 Å². The van der Waals surface area contributed by atoms with Gasteiger partial charge in [0.1, 0.15) is 0 Å². The fourth-order valence-corrected chi connectivity index (χ4v) is 1.10. The molecule has 0 aliphatic carbocycles. The molecule has 42 valence electrons. The van der Waals surface area contributed by atoms with E-state index in [1.165, 1.54) is 0 Å². The fourth-order valence-electron chi connectivity index (χ4n) is 0.436. The zero-order valence-corrected chi connectivity index (χ0v) is 4.89. The predicted octanol–water partition coefficient (Wildman–Crippen LogP) is 0.715. The average Bonchev–Trinajstić information content (AvgIpc) is 1.69. The van der Waals surface area contributed by atoms with Crippen LogP contribution in [-0.2, 0) is 4.84 Å². The van der Waals surface area contributed by atoms with Crippen molar-refractivity contribution in [3.8, 4) is 0 Å². The van der Waals surface area contributed by atoms with Crippen LogP contribution in [0.3, 0.4) is 0 Å². The molecule has 3 nitrogen and oxygen atoms in total. The Kier molecular flexibility index (Phi) is 2.00. The van der Waals surface area contributed by atoms with E-state index in [0.717, 1.165) is 12.6 Å². The summed E-state index contributed by atoms with van der Waals surface area (Å²) in [6, 6.07) is 0. The van der Waals surface area contributed by atoms with Gasteiger partial charge < -0.3 is 10.0 Å². The summed E-state index contributed by atoms with van der Waals surface area (Å²) in [6.45, 7) is 0.608. The number of hydrogen-bond acceptors (Lipinski definition) is 3. The van der Waals surface area contributed by atoms with Gasteiger partial charge in [0.25, 0.3) is 0 Å². The zero-order chi connectivity index (χ0) is 5.11. The molecule has 1 rings (SSSR count). The summed E-state index contributed by atoms with van der Waals surface area (Å²) in [4.78, 5) is 5.24. The normalized spacial score (nSPS) is 28.7. The third kappa shape index (κ3) is 1.70. The Labute approximate surface area is 44.0 Å². The maximum Gasteiger partial charge on any atom is 0.0680 e. The summed E-state index contributed by atoms with van der Waals surface area (Å²) >= 11 is 0. The molecule has 1 fully saturated rings. The molecule has 0 saturated carbocycles. The highest BCUT2D eigenvalue weighted by Gasteiger charge is 1.98. The number of rotatable bonds is 0. The highest BCUT2D eigenvalue weighted by atomic mass is 31.1. The Bertz CT molecular complexity index is 54.9. The van der Waals surface area contributed by atoms with Gasteiger partial charge in [-0.15, -0.1) is 0 Å². The molecular weight excluding hydrogens is 113 g/mol. The van der Waals surface area contributed by atoms with Crippen molar-refractivity contribution in [2.75, 3.05) is 12.8 Å². The second-order valence-corrected chi connectivity index (χ2v) is 2.53. The monoisotopic (exact) mass is 120 g/mol. The molecule has 1 unspecified atom stereocenters. The molecule has 0 spiro atoms. The van der Waals surface area contributed by atoms with Crippen molar-refractivity contribution < 1.29 is 4.84 Å². The Balaban J connectivity index is 2.12. The van der Waals surface area contributed by atoms with Gasteiger partial charge in [-0.25, -0.2) is 5.00 Å². The van der Waals surface area contributed by atoms with Crippen molar-refractivity contribution in [3.05, 3.63) is 5.21 Å². The summed E-state index contributed by atoms with van der Waals surface area (Å²) in [7, 11) is 0.331. The zero-order valence-electron chi connectivity index (χ0n) is 3.89. The SMILES string of the molecule is [O-]N1OCCCP1. The quantitative estimate of drug-likeness (QED) is 0.442. The van der Waals surface area contributed by atoms with Crippen LogP contribution in [0, 0.1) is 5.21 Å². The standard InChI is InChI=1S/C3H7NO2P/c5-4-6-2-1-3-7-4/h7H,1-3H2/q-1. The molecule has 0 aromatic heterocycles. The Morgan fingerprint density at radius 2 is 2.57 bits per heavy atom. The van der Waals surface area contributed by atoms with Crippen LogP contribution in [-0.4, -0.2) is 17.8 Å². The van der Waals surface area contributed by atoms with Crippen LogP contribution in [0.4, 0.5) is 0 Å². The smallest absolute Gasteiger partial charge is 0.0680 e. The van der Waals surface area contributed by atoms with E-state index in [9.17, 15) is 5.21 Å². The first-order chi connectivity index (χ1) is 3.39. The van der Waals surface area contributed by atoms with E-state index in [2.05, 4.69) is 4.84 Å². The molecule has 7 heavy (non-hydrogen) atoms. The van der Waals surface area contributed by atoms with E-state index in [1.54, 1.807) is 0 Å². The van der Waals surface area contributed by atoms with Gasteiger partial charge in [0.15, 0.2) is 0 Å². The topological polar surface area (TPSA) is 35.5 Å². The fraction of sp³-hybridized carbons (Fsp3) is 1.00. The number of hydrogen-bond donors (Lipinski definition) is 0. The van der Waals surface area contributed by atoms with Crippen molar-refractivity contribution in [1.82, 2.24) is 5.00 Å². The molecule has 0 N–H and O–H groups in total. The van der Waals surface area contributed by atoms with Crippen LogP contribution in [0.1, 0.15) is 6.42 Å². The summed E-state index contributed by atoms with van der Waals surface area (Å²) < 4.78 is 0. The highest BCUT2D eigenvalue weighted by Crippen LogP contribution is 2.21. The molecule has 0 amide bonds. The lowest BCUT2D eigenvalue weighted by Gasteiger charge is -2.30. The summed E-state index contributed by atoms with van der Waals surface area (Å²) in [5, 5.41) is 10.2. The highest BCUT2D eigenvalue weighted by molar-refractivity contribution is 7.35. The van der Waals surface area contributed by atoms with Gasteiger partial charge in [-0.3, -0.25) is 0 Å². The molecule has 0 aromatic carbocycles. The van der Waals surface area contributed by atoms with E-state index in [-0.39, 0.29) is 0 Å². The molecule has 4 heteroatoms. The first-order valence-electron chi connectivity index (χ1n) is 2.23. The van der Waals surface area contributed by atoms with Gasteiger partial charge in [0, 0.05) is 0 Å². The maximum atomic E-state index is 10.2. The van der Waals surface area contributed by atoms with Gasteiger partial charge in [0.05, 0.1) is 6.61 Å². The van der Waals surface area contributed by atoms with Crippen LogP contribution in [0.5, 0.6) is 0 Å². The number of nitrogens with zero attached hydrogens (tertiary/aromatic N) is 1. The van der Waals surface area contributed by atoms with E-state index >= 15 is 0 Å². The van der Waals surface area contributed by atoms with Crippen molar-refractivity contribution in [2.24, 2.45) is 0 Å². The largest absolute Gasteiger partial charge is 0.759 e. The Morgan fingerprint density at radius 3 is 2.86 bits per heavy atom. The average molecular weight is 120 g/mol. The molecular formula is C3H7NO2P-. The van der Waals surface area contributed by atoms with Crippen molar-refractivity contribution in [1.29, 1.82) is 0 Å². The first-order valence-corrected chi connectivity index (χ1v) is 3.39. The van der Waals surface area contributed by atoms with E-state index < -0.39 is 0 Å². The molecule has 1 aliphatic rings. The lowest BCUT2D eigenvalue weighted by Crippen LogP contribution is -2.13. The Hall–Kier alpha value is 0.310. The molecule has 0 aromatic rings. The van der Waals surface area contributed by atoms with Gasteiger partial charge in [-0.05, 0) is 21.3 Å². The molecule has 0 bridgehead atoms. The summed E-state index contributed by atoms with van der Waals surface area (Å²) in [6.07, 6.45) is 2.04. The predicted molar refractivity (Wildman–Crippen MR) is 29.0 cm³/mol.